The van der Waals surface area contributed by atoms with Gasteiger partial charge in [0, 0.05) is 65.1 Å². The van der Waals surface area contributed by atoms with Crippen LogP contribution in [0.3, 0.4) is 0 Å². The van der Waals surface area contributed by atoms with Crippen molar-refractivity contribution in [1.29, 1.82) is 0 Å². The van der Waals surface area contributed by atoms with Crippen molar-refractivity contribution in [3.05, 3.63) is 34.9 Å². The van der Waals surface area contributed by atoms with Crippen molar-refractivity contribution in [2.75, 3.05) is 20.6 Å². The monoisotopic (exact) mass is 302 g/mol. The third-order valence-corrected chi connectivity index (χ3v) is 4.10. The third-order valence-electron chi connectivity index (χ3n) is 4.10. The molecule has 3 rings (SSSR count). The summed E-state index contributed by atoms with van der Waals surface area (Å²) in [7, 11) is 7.37. The number of nitrogens with zero attached hydrogens (tertiary/aromatic N) is 6. The summed E-state index contributed by atoms with van der Waals surface area (Å²) in [4.78, 5) is 16.2. The fourth-order valence-electron chi connectivity index (χ4n) is 2.95. The van der Waals surface area contributed by atoms with Gasteiger partial charge in [-0.2, -0.15) is 10.2 Å². The number of fused-ring (bicyclic) bond motifs is 1. The maximum Gasteiger partial charge on any atom is 0.274 e. The Balaban J connectivity index is 1.80. The Hall–Kier alpha value is -2.15. The zero-order chi connectivity index (χ0) is 15.9. The van der Waals surface area contributed by atoms with Crippen LogP contribution in [-0.2, 0) is 33.6 Å². The van der Waals surface area contributed by atoms with E-state index in [-0.39, 0.29) is 5.91 Å². The molecule has 0 N–H and O–H groups in total. The molecule has 22 heavy (non-hydrogen) atoms. The van der Waals surface area contributed by atoms with Crippen LogP contribution in [0.1, 0.15) is 27.3 Å². The second-order valence-corrected chi connectivity index (χ2v) is 6.08. The number of carbonyl (C=O) groups is 1. The molecule has 0 bridgehead atoms. The quantitative estimate of drug-likeness (QED) is 0.824. The molecular formula is C15H22N6O. The van der Waals surface area contributed by atoms with Crippen molar-refractivity contribution in [3.8, 4) is 0 Å². The maximum absolute atomic E-state index is 12.2. The van der Waals surface area contributed by atoms with Crippen molar-refractivity contribution in [3.63, 3.8) is 0 Å². The highest BCUT2D eigenvalue weighted by molar-refractivity contribution is 5.93. The van der Waals surface area contributed by atoms with Crippen LogP contribution in [0.25, 0.3) is 0 Å². The van der Waals surface area contributed by atoms with E-state index in [1.54, 1.807) is 19.0 Å². The first-order valence-electron chi connectivity index (χ1n) is 7.42. The molecule has 3 heterocycles. The van der Waals surface area contributed by atoms with E-state index in [2.05, 4.69) is 15.1 Å². The van der Waals surface area contributed by atoms with Crippen LogP contribution in [0.5, 0.6) is 0 Å². The Labute approximate surface area is 130 Å². The summed E-state index contributed by atoms with van der Waals surface area (Å²) < 4.78 is 3.67. The second kappa shape index (κ2) is 5.57. The lowest BCUT2D eigenvalue weighted by Crippen LogP contribution is -2.31. The molecule has 7 nitrogen and oxygen atoms in total. The van der Waals surface area contributed by atoms with E-state index in [0.717, 1.165) is 37.3 Å². The van der Waals surface area contributed by atoms with E-state index >= 15 is 0 Å². The van der Waals surface area contributed by atoms with E-state index in [1.807, 2.05) is 35.9 Å². The van der Waals surface area contributed by atoms with Gasteiger partial charge in [-0.1, -0.05) is 0 Å². The maximum atomic E-state index is 12.2. The Morgan fingerprint density at radius 2 is 2.14 bits per heavy atom. The molecule has 2 aromatic rings. The fraction of sp³-hybridized carbons (Fsp3) is 0.533. The van der Waals surface area contributed by atoms with Crippen LogP contribution in [0.4, 0.5) is 0 Å². The average Bonchev–Trinajstić information content (AvgIpc) is 3.02. The van der Waals surface area contributed by atoms with Gasteiger partial charge in [0.05, 0.1) is 11.9 Å². The van der Waals surface area contributed by atoms with Gasteiger partial charge in [0.1, 0.15) is 0 Å². The summed E-state index contributed by atoms with van der Waals surface area (Å²) in [5.74, 6) is -0.0161. The minimum Gasteiger partial charge on any atom is -0.343 e. The molecule has 0 saturated carbocycles. The van der Waals surface area contributed by atoms with E-state index in [1.165, 1.54) is 5.56 Å². The predicted molar refractivity (Wildman–Crippen MR) is 82.3 cm³/mol. The van der Waals surface area contributed by atoms with Gasteiger partial charge in [-0.15, -0.1) is 0 Å². The number of hydrogen-bond donors (Lipinski definition) is 0. The molecule has 0 aliphatic carbocycles. The van der Waals surface area contributed by atoms with Crippen molar-refractivity contribution >= 4 is 5.91 Å². The van der Waals surface area contributed by atoms with Crippen LogP contribution >= 0.6 is 0 Å². The third kappa shape index (κ3) is 2.64. The minimum atomic E-state index is -0.0161. The highest BCUT2D eigenvalue weighted by Crippen LogP contribution is 2.23. The molecule has 0 unspecified atom stereocenters. The summed E-state index contributed by atoms with van der Waals surface area (Å²) in [5.41, 5.74) is 4.05. The molecule has 0 radical (unpaired) electrons. The Morgan fingerprint density at radius 3 is 2.77 bits per heavy atom. The van der Waals surface area contributed by atoms with Crippen molar-refractivity contribution in [2.24, 2.45) is 14.1 Å². The van der Waals surface area contributed by atoms with Gasteiger partial charge in [-0.05, 0) is 6.42 Å². The van der Waals surface area contributed by atoms with Gasteiger partial charge in [0.25, 0.3) is 5.91 Å². The Morgan fingerprint density at radius 1 is 1.36 bits per heavy atom. The highest BCUT2D eigenvalue weighted by Gasteiger charge is 2.27. The first kappa shape index (κ1) is 14.8. The number of carbonyl (C=O) groups excluding carboxylic acids is 1. The molecular weight excluding hydrogens is 280 g/mol. The van der Waals surface area contributed by atoms with Gasteiger partial charge in [-0.25, -0.2) is 0 Å². The summed E-state index contributed by atoms with van der Waals surface area (Å²) in [5, 5.41) is 8.65. The minimum absolute atomic E-state index is 0.0161. The van der Waals surface area contributed by atoms with Crippen LogP contribution in [0.2, 0.25) is 0 Å². The zero-order valence-corrected chi connectivity index (χ0v) is 13.6. The lowest BCUT2D eigenvalue weighted by Gasteiger charge is -2.27. The normalized spacial score (nSPS) is 14.9. The molecule has 0 saturated heterocycles. The lowest BCUT2D eigenvalue weighted by atomic mass is 10.0. The number of aromatic nitrogens is 4. The van der Waals surface area contributed by atoms with E-state index in [9.17, 15) is 4.79 Å². The first-order chi connectivity index (χ1) is 10.5. The molecule has 1 aliphatic heterocycles. The van der Waals surface area contributed by atoms with E-state index in [0.29, 0.717) is 5.69 Å². The smallest absolute Gasteiger partial charge is 0.274 e. The summed E-state index contributed by atoms with van der Waals surface area (Å²) in [6.07, 6.45) is 4.80. The SMILES string of the molecule is CN(C)C(=O)c1nn(C)c2c1CCN(Cc1cnn(C)c1)C2. The van der Waals surface area contributed by atoms with Gasteiger partial charge in [-0.3, -0.25) is 19.1 Å². The molecule has 0 spiro atoms. The first-order valence-corrected chi connectivity index (χ1v) is 7.42. The number of amides is 1. The van der Waals surface area contributed by atoms with Gasteiger partial charge < -0.3 is 4.90 Å². The largest absolute Gasteiger partial charge is 0.343 e. The van der Waals surface area contributed by atoms with Crippen LogP contribution in [-0.4, -0.2) is 55.9 Å². The molecule has 0 aromatic carbocycles. The van der Waals surface area contributed by atoms with Crippen LogP contribution in [0.15, 0.2) is 12.4 Å². The second-order valence-electron chi connectivity index (χ2n) is 6.08. The van der Waals surface area contributed by atoms with E-state index < -0.39 is 0 Å². The van der Waals surface area contributed by atoms with E-state index in [4.69, 9.17) is 0 Å². The molecule has 1 aliphatic rings. The predicted octanol–water partition coefficient (Wildman–Crippen LogP) is 0.414. The summed E-state index contributed by atoms with van der Waals surface area (Å²) >= 11 is 0. The standard InChI is InChI=1S/C15H22N6O/c1-18(2)15(22)14-12-5-6-21(10-13(12)20(4)17-14)9-11-7-16-19(3)8-11/h7-8H,5-6,9-10H2,1-4H3. The average molecular weight is 302 g/mol. The molecule has 1 amide bonds. The fourth-order valence-corrected chi connectivity index (χ4v) is 2.95. The van der Waals surface area contributed by atoms with Gasteiger partial charge in [0.2, 0.25) is 0 Å². The molecule has 2 aromatic heterocycles. The summed E-state index contributed by atoms with van der Waals surface area (Å²) in [6.45, 7) is 2.62. The Bertz CT molecular complexity index is 699. The van der Waals surface area contributed by atoms with Crippen molar-refractivity contribution < 1.29 is 4.79 Å². The molecule has 0 atom stereocenters. The number of hydrogen-bond acceptors (Lipinski definition) is 4. The summed E-state index contributed by atoms with van der Waals surface area (Å²) in [6, 6.07) is 0. The highest BCUT2D eigenvalue weighted by atomic mass is 16.2. The number of rotatable bonds is 3. The molecule has 118 valence electrons. The van der Waals surface area contributed by atoms with Gasteiger partial charge in [0.15, 0.2) is 5.69 Å². The van der Waals surface area contributed by atoms with Crippen LogP contribution < -0.4 is 0 Å². The molecule has 0 fully saturated rings. The lowest BCUT2D eigenvalue weighted by molar-refractivity contribution is 0.0819. The van der Waals surface area contributed by atoms with Crippen LogP contribution in [0, 0.1) is 0 Å². The zero-order valence-electron chi connectivity index (χ0n) is 13.6. The topological polar surface area (TPSA) is 59.2 Å². The van der Waals surface area contributed by atoms with Crippen molar-refractivity contribution in [2.45, 2.75) is 19.5 Å². The molecule has 7 heteroatoms. The number of aryl methyl sites for hydroxylation is 2. The van der Waals surface area contributed by atoms with Crippen molar-refractivity contribution in [1.82, 2.24) is 29.4 Å². The Kier molecular flexibility index (Phi) is 3.74. The van der Waals surface area contributed by atoms with Gasteiger partial charge >= 0.3 is 0 Å².